The van der Waals surface area contributed by atoms with Gasteiger partial charge in [-0.3, -0.25) is 19.3 Å². The number of amides is 1. The van der Waals surface area contributed by atoms with E-state index in [0.29, 0.717) is 5.92 Å². The van der Waals surface area contributed by atoms with Crippen LogP contribution in [0.3, 0.4) is 0 Å². The Bertz CT molecular complexity index is 1080. The standard InChI is InChI=1S/C17H21N3O.C12H16O2/c1-17(2,12-7-5-4-6-8-12)15(18)16(21)20-13-9-11(13)10-14(20)19-3;1-9(11(13)14)12(2,3)10-7-5-4-6-8-10/h4-8,11,13-15H,9-10,18H2,1-2H3;4-9H,1-3H3,(H,13,14)/t11-,13?,14-,15?;/m0./s1. The number of fused-ring (bicyclic) bond motifs is 1. The first-order chi connectivity index (χ1) is 16.4. The largest absolute Gasteiger partial charge is 0.481 e. The SMILES string of the molecule is CC(C(=O)O)C(C)(C)c1ccccc1.[C-]#[N+][C@@H]1C[C@@H]2CC2N1C(=O)C(N)C(C)(C)c1ccccc1. The fraction of sp³-hybridized carbons (Fsp3) is 0.483. The third-order valence-electron chi connectivity index (χ3n) is 8.01. The molecule has 35 heavy (non-hydrogen) atoms. The average Bonchev–Trinajstić information content (AvgIpc) is 3.53. The van der Waals surface area contributed by atoms with Crippen LogP contribution in [-0.2, 0) is 20.4 Å². The average molecular weight is 476 g/mol. The van der Waals surface area contributed by atoms with Gasteiger partial charge in [-0.15, -0.1) is 0 Å². The second-order valence-electron chi connectivity index (χ2n) is 10.9. The summed E-state index contributed by atoms with van der Waals surface area (Å²) < 4.78 is 0. The lowest BCUT2D eigenvalue weighted by Gasteiger charge is -2.34. The van der Waals surface area contributed by atoms with Crippen LogP contribution in [0.2, 0.25) is 0 Å². The zero-order valence-electron chi connectivity index (χ0n) is 21.3. The van der Waals surface area contributed by atoms with Crippen molar-refractivity contribution in [3.63, 3.8) is 0 Å². The Kier molecular flexibility index (Phi) is 7.71. The molecule has 2 aliphatic rings. The number of likely N-dealkylation sites (tertiary alicyclic amines) is 1. The molecule has 6 heteroatoms. The lowest BCUT2D eigenvalue weighted by atomic mass is 9.74. The maximum atomic E-state index is 12.8. The minimum Gasteiger partial charge on any atom is -0.481 e. The molecule has 1 aliphatic heterocycles. The zero-order valence-corrected chi connectivity index (χ0v) is 21.3. The van der Waals surface area contributed by atoms with Gasteiger partial charge < -0.3 is 10.8 Å². The van der Waals surface area contributed by atoms with Gasteiger partial charge in [-0.2, -0.15) is 0 Å². The van der Waals surface area contributed by atoms with Crippen molar-refractivity contribution in [2.45, 2.75) is 76.5 Å². The van der Waals surface area contributed by atoms with Crippen molar-refractivity contribution < 1.29 is 14.7 Å². The third kappa shape index (κ3) is 5.41. The number of carboxylic acids is 1. The van der Waals surface area contributed by atoms with Gasteiger partial charge in [0.1, 0.15) is 0 Å². The quantitative estimate of drug-likeness (QED) is 0.585. The van der Waals surface area contributed by atoms with Crippen LogP contribution in [0.15, 0.2) is 60.7 Å². The van der Waals surface area contributed by atoms with E-state index in [1.165, 1.54) is 0 Å². The molecular formula is C29H37N3O3. The molecule has 3 unspecified atom stereocenters. The summed E-state index contributed by atoms with van der Waals surface area (Å²) >= 11 is 0. The summed E-state index contributed by atoms with van der Waals surface area (Å²) in [6, 6.07) is 19.3. The molecule has 0 spiro atoms. The van der Waals surface area contributed by atoms with Gasteiger partial charge in [-0.05, 0) is 23.5 Å². The number of aliphatic carboxylic acids is 1. The van der Waals surface area contributed by atoms with E-state index in [1.54, 1.807) is 11.8 Å². The molecule has 2 aromatic rings. The highest BCUT2D eigenvalue weighted by Gasteiger charge is 2.58. The lowest BCUT2D eigenvalue weighted by Crippen LogP contribution is -2.54. The van der Waals surface area contributed by atoms with Crippen molar-refractivity contribution >= 4 is 11.9 Å². The molecule has 1 saturated carbocycles. The lowest BCUT2D eigenvalue weighted by molar-refractivity contribution is -0.143. The molecule has 1 heterocycles. The highest BCUT2D eigenvalue weighted by atomic mass is 16.4. The van der Waals surface area contributed by atoms with Gasteiger partial charge in [0, 0.05) is 23.3 Å². The molecular weight excluding hydrogens is 438 g/mol. The summed E-state index contributed by atoms with van der Waals surface area (Å²) in [6.07, 6.45) is 1.55. The number of benzene rings is 2. The maximum absolute atomic E-state index is 12.8. The van der Waals surface area contributed by atoms with E-state index >= 15 is 0 Å². The third-order valence-corrected chi connectivity index (χ3v) is 8.01. The molecule has 1 aliphatic carbocycles. The van der Waals surface area contributed by atoms with E-state index in [1.807, 2.05) is 88.4 Å². The number of carbonyl (C=O) groups is 2. The molecule has 5 atom stereocenters. The molecule has 2 fully saturated rings. The molecule has 0 bridgehead atoms. The minimum absolute atomic E-state index is 0.0742. The highest BCUT2D eigenvalue weighted by Crippen LogP contribution is 2.48. The Morgan fingerprint density at radius 2 is 1.46 bits per heavy atom. The summed E-state index contributed by atoms with van der Waals surface area (Å²) in [7, 11) is 0. The fourth-order valence-electron chi connectivity index (χ4n) is 4.80. The van der Waals surface area contributed by atoms with E-state index < -0.39 is 17.4 Å². The number of rotatable bonds is 6. The van der Waals surface area contributed by atoms with Crippen molar-refractivity contribution in [2.75, 3.05) is 0 Å². The van der Waals surface area contributed by atoms with Crippen LogP contribution < -0.4 is 5.73 Å². The van der Waals surface area contributed by atoms with E-state index in [2.05, 4.69) is 4.85 Å². The Labute approximate surface area is 209 Å². The number of hydrogen-bond donors (Lipinski definition) is 2. The molecule has 186 valence electrons. The molecule has 3 N–H and O–H groups in total. The van der Waals surface area contributed by atoms with Crippen molar-refractivity contribution in [3.05, 3.63) is 83.2 Å². The first-order valence-electron chi connectivity index (χ1n) is 12.2. The number of carbonyl (C=O) groups excluding carboxylic acids is 1. The molecule has 0 aromatic heterocycles. The Morgan fingerprint density at radius 3 is 1.91 bits per heavy atom. The van der Waals surface area contributed by atoms with Crippen molar-refractivity contribution in [3.8, 4) is 0 Å². The van der Waals surface area contributed by atoms with Crippen LogP contribution >= 0.6 is 0 Å². The number of hydrogen-bond acceptors (Lipinski definition) is 3. The molecule has 4 rings (SSSR count). The van der Waals surface area contributed by atoms with Crippen LogP contribution in [0.1, 0.15) is 58.6 Å². The zero-order chi connectivity index (χ0) is 26.0. The summed E-state index contributed by atoms with van der Waals surface area (Å²) in [4.78, 5) is 29.1. The summed E-state index contributed by atoms with van der Waals surface area (Å²) in [5, 5.41) is 8.98. The molecule has 1 saturated heterocycles. The Morgan fingerprint density at radius 1 is 0.971 bits per heavy atom. The minimum atomic E-state index is -0.751. The molecule has 1 amide bonds. The Balaban J connectivity index is 0.000000214. The summed E-state index contributed by atoms with van der Waals surface area (Å²) in [5.41, 5.74) is 7.65. The van der Waals surface area contributed by atoms with Gasteiger partial charge in [0.2, 0.25) is 5.91 Å². The Hall–Kier alpha value is -3.17. The van der Waals surface area contributed by atoms with Crippen molar-refractivity contribution in [2.24, 2.45) is 17.6 Å². The van der Waals surface area contributed by atoms with Crippen LogP contribution in [0.5, 0.6) is 0 Å². The van der Waals surface area contributed by atoms with Crippen molar-refractivity contribution in [1.82, 2.24) is 4.90 Å². The van der Waals surface area contributed by atoms with E-state index in [-0.39, 0.29) is 29.4 Å². The number of piperidine rings is 1. The maximum Gasteiger partial charge on any atom is 0.307 e. The van der Waals surface area contributed by atoms with Crippen LogP contribution in [0.25, 0.3) is 4.85 Å². The van der Waals surface area contributed by atoms with Crippen molar-refractivity contribution in [1.29, 1.82) is 0 Å². The number of carboxylic acid groups (broad SMARTS) is 1. The number of nitrogens with zero attached hydrogens (tertiary/aromatic N) is 2. The van der Waals surface area contributed by atoms with Crippen LogP contribution in [0.4, 0.5) is 0 Å². The molecule has 2 aromatic carbocycles. The topological polar surface area (TPSA) is 88.0 Å². The van der Waals surface area contributed by atoms with Gasteiger partial charge in [0.15, 0.2) is 0 Å². The molecule has 6 nitrogen and oxygen atoms in total. The second-order valence-corrected chi connectivity index (χ2v) is 10.9. The van der Waals surface area contributed by atoms with E-state index in [0.717, 1.165) is 24.0 Å². The second kappa shape index (κ2) is 10.2. The van der Waals surface area contributed by atoms with Crippen LogP contribution in [0, 0.1) is 18.4 Å². The first kappa shape index (κ1) is 26.4. The fourth-order valence-corrected chi connectivity index (χ4v) is 4.80. The van der Waals surface area contributed by atoms with E-state index in [4.69, 9.17) is 17.4 Å². The normalized spacial score (nSPS) is 22.7. The van der Waals surface area contributed by atoms with E-state index in [9.17, 15) is 9.59 Å². The summed E-state index contributed by atoms with van der Waals surface area (Å²) in [5.74, 6) is -0.682. The first-order valence-corrected chi connectivity index (χ1v) is 12.2. The molecule has 0 radical (unpaired) electrons. The van der Waals surface area contributed by atoms with Gasteiger partial charge in [0.05, 0.1) is 12.0 Å². The number of nitrogens with two attached hydrogens (primary N) is 1. The smallest absolute Gasteiger partial charge is 0.307 e. The van der Waals surface area contributed by atoms with Gasteiger partial charge >= 0.3 is 12.1 Å². The van der Waals surface area contributed by atoms with Crippen LogP contribution in [-0.4, -0.2) is 40.1 Å². The predicted octanol–water partition coefficient (Wildman–Crippen LogP) is 4.84. The monoisotopic (exact) mass is 475 g/mol. The van der Waals surface area contributed by atoms with Gasteiger partial charge in [-0.1, -0.05) is 95.3 Å². The predicted molar refractivity (Wildman–Crippen MR) is 137 cm³/mol. The van der Waals surface area contributed by atoms with Gasteiger partial charge in [0.25, 0.3) is 0 Å². The highest BCUT2D eigenvalue weighted by molar-refractivity contribution is 5.85. The van der Waals surface area contributed by atoms with Gasteiger partial charge in [-0.25, -0.2) is 6.57 Å². The summed E-state index contributed by atoms with van der Waals surface area (Å²) in [6.45, 7) is 16.9.